The average molecular weight is 419 g/mol. The highest BCUT2D eigenvalue weighted by Crippen LogP contribution is 2.45. The van der Waals surface area contributed by atoms with Crippen LogP contribution in [0.1, 0.15) is 29.9 Å². The summed E-state index contributed by atoms with van der Waals surface area (Å²) >= 11 is 0. The molecule has 1 fully saturated rings. The number of phenolic OH excluding ortho intramolecular Hbond substituents is 1. The smallest absolute Gasteiger partial charge is 0.300 e. The standard InChI is InChI=1S/C24H21NO6/c1-3-30-16-7-4-6-15(13-16)22(27)20-21(19-8-5-11-31-19)25(24(29)23(20)28)17-12-14(2)9-10-18(17)26/h4-13,21,26-27H,3H2,1-2H3/b22-20-. The van der Waals surface area contributed by atoms with Crippen molar-refractivity contribution in [1.82, 2.24) is 0 Å². The van der Waals surface area contributed by atoms with Crippen LogP contribution in [0.2, 0.25) is 0 Å². The molecular formula is C24H21NO6. The SMILES string of the molecule is CCOc1cccc(/C(O)=C2/C(=O)C(=O)N(c3cc(C)ccc3O)C2c2ccco2)c1. The summed E-state index contributed by atoms with van der Waals surface area (Å²) in [6.07, 6.45) is 1.42. The molecule has 1 saturated heterocycles. The summed E-state index contributed by atoms with van der Waals surface area (Å²) in [5.74, 6) is -1.46. The summed E-state index contributed by atoms with van der Waals surface area (Å²) in [4.78, 5) is 27.3. The molecule has 7 heteroatoms. The molecule has 1 amide bonds. The van der Waals surface area contributed by atoms with Gasteiger partial charge in [0.1, 0.15) is 29.1 Å². The molecule has 2 heterocycles. The van der Waals surface area contributed by atoms with Crippen LogP contribution in [0.15, 0.2) is 70.9 Å². The van der Waals surface area contributed by atoms with E-state index >= 15 is 0 Å². The molecule has 4 rings (SSSR count). The molecule has 1 aromatic heterocycles. The summed E-state index contributed by atoms with van der Waals surface area (Å²) in [6, 6.07) is 13.6. The van der Waals surface area contributed by atoms with E-state index in [1.54, 1.807) is 55.5 Å². The second kappa shape index (κ2) is 8.02. The van der Waals surface area contributed by atoms with Gasteiger partial charge in [0.2, 0.25) is 0 Å². The van der Waals surface area contributed by atoms with Crippen molar-refractivity contribution in [2.75, 3.05) is 11.5 Å². The third-order valence-corrected chi connectivity index (χ3v) is 5.07. The number of hydrogen-bond donors (Lipinski definition) is 2. The quantitative estimate of drug-likeness (QED) is 0.363. The molecule has 0 spiro atoms. The Morgan fingerprint density at radius 2 is 1.94 bits per heavy atom. The molecule has 31 heavy (non-hydrogen) atoms. The topological polar surface area (TPSA) is 100 Å². The van der Waals surface area contributed by atoms with E-state index in [1.807, 2.05) is 6.92 Å². The lowest BCUT2D eigenvalue weighted by atomic mass is 9.99. The minimum atomic E-state index is -1.04. The predicted octanol–water partition coefficient (Wildman–Crippen LogP) is 4.32. The Labute approximate surface area is 178 Å². The first-order valence-electron chi connectivity index (χ1n) is 9.79. The van der Waals surface area contributed by atoms with E-state index in [9.17, 15) is 19.8 Å². The minimum absolute atomic E-state index is 0.130. The van der Waals surface area contributed by atoms with Crippen LogP contribution >= 0.6 is 0 Å². The number of aliphatic hydroxyl groups is 1. The monoisotopic (exact) mass is 419 g/mol. The maximum Gasteiger partial charge on any atom is 0.300 e. The van der Waals surface area contributed by atoms with E-state index < -0.39 is 17.7 Å². The third-order valence-electron chi connectivity index (χ3n) is 5.07. The normalized spacial score (nSPS) is 17.9. The number of Topliss-reactive ketones (excluding diaryl/α,β-unsaturated/α-hetero) is 1. The third kappa shape index (κ3) is 3.54. The van der Waals surface area contributed by atoms with Crippen molar-refractivity contribution in [2.45, 2.75) is 19.9 Å². The maximum absolute atomic E-state index is 13.1. The van der Waals surface area contributed by atoms with Gasteiger partial charge < -0.3 is 19.4 Å². The fourth-order valence-electron chi connectivity index (χ4n) is 3.68. The van der Waals surface area contributed by atoms with Crippen LogP contribution in [0.5, 0.6) is 11.5 Å². The summed E-state index contributed by atoms with van der Waals surface area (Å²) < 4.78 is 11.0. The number of carbonyl (C=O) groups excluding carboxylic acids is 2. The van der Waals surface area contributed by atoms with Gasteiger partial charge in [0.05, 0.1) is 24.1 Å². The summed E-state index contributed by atoms with van der Waals surface area (Å²) in [6.45, 7) is 4.08. The van der Waals surface area contributed by atoms with E-state index in [4.69, 9.17) is 9.15 Å². The van der Waals surface area contributed by atoms with Gasteiger partial charge in [0.15, 0.2) is 0 Å². The molecule has 1 unspecified atom stereocenters. The largest absolute Gasteiger partial charge is 0.507 e. The molecule has 0 bridgehead atoms. The zero-order chi connectivity index (χ0) is 22.1. The van der Waals surface area contributed by atoms with Gasteiger partial charge in [0, 0.05) is 5.56 Å². The summed E-state index contributed by atoms with van der Waals surface area (Å²) in [5.41, 5.74) is 1.14. The first-order chi connectivity index (χ1) is 14.9. The van der Waals surface area contributed by atoms with Crippen molar-refractivity contribution < 1.29 is 29.0 Å². The number of carbonyl (C=O) groups is 2. The van der Waals surface area contributed by atoms with Crippen LogP contribution in [0.3, 0.4) is 0 Å². The van der Waals surface area contributed by atoms with Gasteiger partial charge in [-0.3, -0.25) is 14.5 Å². The lowest BCUT2D eigenvalue weighted by Crippen LogP contribution is -2.29. The van der Waals surface area contributed by atoms with E-state index in [1.165, 1.54) is 12.3 Å². The number of aryl methyl sites for hydroxylation is 1. The van der Waals surface area contributed by atoms with Crippen molar-refractivity contribution in [3.8, 4) is 11.5 Å². The highest BCUT2D eigenvalue weighted by molar-refractivity contribution is 6.51. The van der Waals surface area contributed by atoms with E-state index in [0.717, 1.165) is 10.5 Å². The number of rotatable bonds is 5. The number of aromatic hydroxyl groups is 1. The van der Waals surface area contributed by atoms with Crippen LogP contribution in [0.25, 0.3) is 5.76 Å². The van der Waals surface area contributed by atoms with Gasteiger partial charge in [0.25, 0.3) is 11.7 Å². The molecule has 7 nitrogen and oxygen atoms in total. The molecule has 0 radical (unpaired) electrons. The van der Waals surface area contributed by atoms with Crippen molar-refractivity contribution in [2.24, 2.45) is 0 Å². The number of nitrogens with zero attached hydrogens (tertiary/aromatic N) is 1. The Morgan fingerprint density at radius 1 is 1.13 bits per heavy atom. The second-order valence-corrected chi connectivity index (χ2v) is 7.14. The Morgan fingerprint density at radius 3 is 2.65 bits per heavy atom. The van der Waals surface area contributed by atoms with Crippen molar-refractivity contribution >= 4 is 23.1 Å². The van der Waals surface area contributed by atoms with Crippen LogP contribution in [0.4, 0.5) is 5.69 Å². The van der Waals surface area contributed by atoms with Crippen molar-refractivity contribution in [3.05, 3.63) is 83.3 Å². The number of anilines is 1. The lowest BCUT2D eigenvalue weighted by Gasteiger charge is -2.24. The number of phenols is 1. The van der Waals surface area contributed by atoms with Gasteiger partial charge in [-0.1, -0.05) is 18.2 Å². The highest BCUT2D eigenvalue weighted by atomic mass is 16.5. The van der Waals surface area contributed by atoms with Gasteiger partial charge in [-0.25, -0.2) is 0 Å². The summed E-state index contributed by atoms with van der Waals surface area (Å²) in [5, 5.41) is 21.5. The fourth-order valence-corrected chi connectivity index (χ4v) is 3.68. The van der Waals surface area contributed by atoms with Crippen LogP contribution in [-0.2, 0) is 9.59 Å². The van der Waals surface area contributed by atoms with Crippen molar-refractivity contribution in [1.29, 1.82) is 0 Å². The second-order valence-electron chi connectivity index (χ2n) is 7.14. The number of ketones is 1. The Kier molecular flexibility index (Phi) is 5.25. The molecule has 0 aliphatic carbocycles. The number of amides is 1. The molecule has 2 aromatic carbocycles. The maximum atomic E-state index is 13.1. The number of benzene rings is 2. The molecule has 2 N–H and O–H groups in total. The summed E-state index contributed by atoms with van der Waals surface area (Å²) in [7, 11) is 0. The molecule has 1 aliphatic rings. The predicted molar refractivity (Wildman–Crippen MR) is 114 cm³/mol. The number of furan rings is 1. The number of hydrogen-bond acceptors (Lipinski definition) is 6. The molecule has 1 aliphatic heterocycles. The Bertz CT molecular complexity index is 1180. The van der Waals surface area contributed by atoms with Crippen molar-refractivity contribution in [3.63, 3.8) is 0 Å². The molecule has 0 saturated carbocycles. The Hall–Kier alpha value is -4.00. The molecule has 158 valence electrons. The minimum Gasteiger partial charge on any atom is -0.507 e. The van der Waals surface area contributed by atoms with E-state index in [0.29, 0.717) is 17.9 Å². The number of aliphatic hydroxyl groups excluding tert-OH is 1. The molecular weight excluding hydrogens is 398 g/mol. The van der Waals surface area contributed by atoms with Crippen LogP contribution in [0, 0.1) is 6.92 Å². The first kappa shape index (κ1) is 20.3. The van der Waals surface area contributed by atoms with E-state index in [-0.39, 0.29) is 28.5 Å². The molecule has 1 atom stereocenters. The van der Waals surface area contributed by atoms with Gasteiger partial charge in [-0.05, 0) is 55.8 Å². The van der Waals surface area contributed by atoms with Gasteiger partial charge in [-0.2, -0.15) is 0 Å². The Balaban J connectivity index is 1.92. The first-order valence-corrected chi connectivity index (χ1v) is 9.79. The van der Waals surface area contributed by atoms with E-state index in [2.05, 4.69) is 0 Å². The average Bonchev–Trinajstić information content (AvgIpc) is 3.37. The van der Waals surface area contributed by atoms with Crippen LogP contribution in [-0.4, -0.2) is 28.5 Å². The van der Waals surface area contributed by atoms with Gasteiger partial charge in [-0.15, -0.1) is 0 Å². The highest BCUT2D eigenvalue weighted by Gasteiger charge is 2.49. The fraction of sp³-hybridized carbons (Fsp3) is 0.167. The lowest BCUT2D eigenvalue weighted by molar-refractivity contribution is -0.132. The van der Waals surface area contributed by atoms with Gasteiger partial charge >= 0.3 is 0 Å². The molecule has 3 aromatic rings. The zero-order valence-corrected chi connectivity index (χ0v) is 17.0. The zero-order valence-electron chi connectivity index (χ0n) is 17.0. The number of ether oxygens (including phenoxy) is 1. The van der Waals surface area contributed by atoms with Crippen LogP contribution < -0.4 is 9.64 Å².